The second-order valence-electron chi connectivity index (χ2n) is 5.20. The van der Waals surface area contributed by atoms with Gasteiger partial charge in [-0.2, -0.15) is 5.26 Å². The molecule has 5 heteroatoms. The molecule has 1 fully saturated rings. The zero-order chi connectivity index (χ0) is 13.8. The molecule has 0 aromatic rings. The van der Waals surface area contributed by atoms with Crippen LogP contribution in [0.25, 0.3) is 0 Å². The number of rotatable bonds is 4. The number of primary amides is 1. The monoisotopic (exact) mass is 251 g/mol. The molecular formula is C13H21N3O2. The SMILES string of the molecule is CCC(C)(C#N)C(=O)N1CCC(CC(N)=O)CC1. The number of carbonyl (C=O) groups is 2. The molecular weight excluding hydrogens is 230 g/mol. The molecule has 2 amide bonds. The standard InChI is InChI=1S/C13H21N3O2/c1-3-13(2,9-14)12(18)16-6-4-10(5-7-16)8-11(15)17/h10H,3-8H2,1-2H3,(H2,15,17). The third kappa shape index (κ3) is 3.22. The summed E-state index contributed by atoms with van der Waals surface area (Å²) in [6.45, 7) is 4.77. The lowest BCUT2D eigenvalue weighted by atomic mass is 9.85. The van der Waals surface area contributed by atoms with Gasteiger partial charge in [0.2, 0.25) is 11.8 Å². The van der Waals surface area contributed by atoms with Crippen LogP contribution in [0.3, 0.4) is 0 Å². The third-order valence-electron chi connectivity index (χ3n) is 3.82. The molecule has 0 aromatic heterocycles. The Morgan fingerprint density at radius 1 is 1.44 bits per heavy atom. The predicted octanol–water partition coefficient (Wildman–Crippen LogP) is 1.04. The van der Waals surface area contributed by atoms with Crippen LogP contribution >= 0.6 is 0 Å². The largest absolute Gasteiger partial charge is 0.370 e. The zero-order valence-electron chi connectivity index (χ0n) is 11.1. The number of piperidine rings is 1. The molecule has 100 valence electrons. The van der Waals surface area contributed by atoms with Gasteiger partial charge in [0, 0.05) is 19.5 Å². The molecule has 1 aliphatic heterocycles. The number of carbonyl (C=O) groups excluding carboxylic acids is 2. The molecule has 1 rings (SSSR count). The van der Waals surface area contributed by atoms with Gasteiger partial charge in [0.15, 0.2) is 0 Å². The Morgan fingerprint density at radius 2 is 2.00 bits per heavy atom. The first kappa shape index (κ1) is 14.5. The Morgan fingerprint density at radius 3 is 2.39 bits per heavy atom. The van der Waals surface area contributed by atoms with Crippen LogP contribution in [0.2, 0.25) is 0 Å². The molecule has 1 saturated heterocycles. The first-order chi connectivity index (χ1) is 8.42. The summed E-state index contributed by atoms with van der Waals surface area (Å²) in [6, 6.07) is 2.10. The number of nitrogens with two attached hydrogens (primary N) is 1. The first-order valence-corrected chi connectivity index (χ1v) is 6.42. The molecule has 5 nitrogen and oxygen atoms in total. The number of likely N-dealkylation sites (tertiary alicyclic amines) is 1. The van der Waals surface area contributed by atoms with E-state index >= 15 is 0 Å². The van der Waals surface area contributed by atoms with Gasteiger partial charge in [-0.3, -0.25) is 9.59 Å². The predicted molar refractivity (Wildman–Crippen MR) is 67.1 cm³/mol. The van der Waals surface area contributed by atoms with Gasteiger partial charge in [0.05, 0.1) is 6.07 Å². The summed E-state index contributed by atoms with van der Waals surface area (Å²) in [7, 11) is 0. The molecule has 0 spiro atoms. The van der Waals surface area contributed by atoms with E-state index in [-0.39, 0.29) is 17.7 Å². The van der Waals surface area contributed by atoms with Gasteiger partial charge in [0.25, 0.3) is 0 Å². The summed E-state index contributed by atoms with van der Waals surface area (Å²) in [4.78, 5) is 24.8. The second kappa shape index (κ2) is 5.85. The van der Waals surface area contributed by atoms with E-state index in [2.05, 4.69) is 6.07 Å². The van der Waals surface area contributed by atoms with Crippen molar-refractivity contribution in [3.05, 3.63) is 0 Å². The summed E-state index contributed by atoms with van der Waals surface area (Å²) >= 11 is 0. The van der Waals surface area contributed by atoms with Crippen molar-refractivity contribution >= 4 is 11.8 Å². The number of nitrogens with zero attached hydrogens (tertiary/aromatic N) is 2. The summed E-state index contributed by atoms with van der Waals surface area (Å²) in [5.41, 5.74) is 4.25. The molecule has 1 atom stereocenters. The second-order valence-corrected chi connectivity index (χ2v) is 5.20. The van der Waals surface area contributed by atoms with Crippen LogP contribution < -0.4 is 5.73 Å². The Bertz CT molecular complexity index is 367. The zero-order valence-corrected chi connectivity index (χ0v) is 11.1. The topological polar surface area (TPSA) is 87.2 Å². The fourth-order valence-corrected chi connectivity index (χ4v) is 2.25. The van der Waals surface area contributed by atoms with Gasteiger partial charge < -0.3 is 10.6 Å². The average Bonchev–Trinajstić information content (AvgIpc) is 2.37. The maximum atomic E-state index is 12.2. The fraction of sp³-hybridized carbons (Fsp3) is 0.769. The van der Waals surface area contributed by atoms with Crippen LogP contribution in [-0.2, 0) is 9.59 Å². The number of amides is 2. The van der Waals surface area contributed by atoms with Gasteiger partial charge in [-0.25, -0.2) is 0 Å². The van der Waals surface area contributed by atoms with E-state index in [1.165, 1.54) is 0 Å². The van der Waals surface area contributed by atoms with Gasteiger partial charge in [0.1, 0.15) is 5.41 Å². The highest BCUT2D eigenvalue weighted by molar-refractivity contribution is 5.85. The highest BCUT2D eigenvalue weighted by Crippen LogP contribution is 2.27. The van der Waals surface area contributed by atoms with Gasteiger partial charge in [-0.1, -0.05) is 6.92 Å². The maximum Gasteiger partial charge on any atom is 0.242 e. The first-order valence-electron chi connectivity index (χ1n) is 6.42. The minimum absolute atomic E-state index is 0.0926. The molecule has 1 aliphatic rings. The molecule has 0 radical (unpaired) electrons. The van der Waals surface area contributed by atoms with Gasteiger partial charge in [-0.05, 0) is 32.1 Å². The van der Waals surface area contributed by atoms with Crippen LogP contribution in [0.1, 0.15) is 39.5 Å². The fourth-order valence-electron chi connectivity index (χ4n) is 2.25. The summed E-state index contributed by atoms with van der Waals surface area (Å²) < 4.78 is 0. The third-order valence-corrected chi connectivity index (χ3v) is 3.82. The Labute approximate surface area is 108 Å². The lowest BCUT2D eigenvalue weighted by Gasteiger charge is -2.35. The molecule has 1 unspecified atom stereocenters. The van der Waals surface area contributed by atoms with E-state index in [4.69, 9.17) is 11.0 Å². The molecule has 0 saturated carbocycles. The molecule has 0 aliphatic carbocycles. The highest BCUT2D eigenvalue weighted by atomic mass is 16.2. The van der Waals surface area contributed by atoms with E-state index in [1.807, 2.05) is 6.92 Å². The lowest BCUT2D eigenvalue weighted by Crippen LogP contribution is -2.45. The summed E-state index contributed by atoms with van der Waals surface area (Å²) in [6.07, 6.45) is 2.49. The minimum atomic E-state index is -0.920. The van der Waals surface area contributed by atoms with Crippen molar-refractivity contribution in [1.82, 2.24) is 4.90 Å². The lowest BCUT2D eigenvalue weighted by molar-refractivity contribution is -0.140. The smallest absolute Gasteiger partial charge is 0.242 e. The molecule has 0 aromatic carbocycles. The van der Waals surface area contributed by atoms with Gasteiger partial charge >= 0.3 is 0 Å². The van der Waals surface area contributed by atoms with E-state index < -0.39 is 5.41 Å². The van der Waals surface area contributed by atoms with Crippen molar-refractivity contribution in [2.45, 2.75) is 39.5 Å². The van der Waals surface area contributed by atoms with Crippen molar-refractivity contribution in [3.63, 3.8) is 0 Å². The van der Waals surface area contributed by atoms with E-state index in [9.17, 15) is 9.59 Å². The van der Waals surface area contributed by atoms with Crippen molar-refractivity contribution < 1.29 is 9.59 Å². The Balaban J connectivity index is 2.56. The summed E-state index contributed by atoms with van der Waals surface area (Å²) in [5, 5.41) is 9.10. The van der Waals surface area contributed by atoms with E-state index in [0.29, 0.717) is 25.9 Å². The van der Waals surface area contributed by atoms with Crippen molar-refractivity contribution in [2.75, 3.05) is 13.1 Å². The number of hydrogen-bond acceptors (Lipinski definition) is 3. The number of nitriles is 1. The van der Waals surface area contributed by atoms with Crippen molar-refractivity contribution in [1.29, 1.82) is 5.26 Å². The molecule has 18 heavy (non-hydrogen) atoms. The van der Waals surface area contributed by atoms with Crippen LogP contribution in [0.15, 0.2) is 0 Å². The molecule has 1 heterocycles. The van der Waals surface area contributed by atoms with Crippen molar-refractivity contribution in [2.24, 2.45) is 17.1 Å². The van der Waals surface area contributed by atoms with E-state index in [1.54, 1.807) is 11.8 Å². The van der Waals surface area contributed by atoms with Crippen LogP contribution in [0.4, 0.5) is 0 Å². The highest BCUT2D eigenvalue weighted by Gasteiger charge is 2.36. The number of hydrogen-bond donors (Lipinski definition) is 1. The van der Waals surface area contributed by atoms with Crippen LogP contribution in [-0.4, -0.2) is 29.8 Å². The normalized spacial score (nSPS) is 19.9. The van der Waals surface area contributed by atoms with Crippen LogP contribution in [0.5, 0.6) is 0 Å². The summed E-state index contributed by atoms with van der Waals surface area (Å²) in [5.74, 6) is -0.0956. The average molecular weight is 251 g/mol. The Kier molecular flexibility index (Phi) is 4.71. The quantitative estimate of drug-likeness (QED) is 0.809. The van der Waals surface area contributed by atoms with E-state index in [0.717, 1.165) is 12.8 Å². The van der Waals surface area contributed by atoms with Crippen LogP contribution in [0, 0.1) is 22.7 Å². The minimum Gasteiger partial charge on any atom is -0.370 e. The Hall–Kier alpha value is -1.57. The van der Waals surface area contributed by atoms with Crippen molar-refractivity contribution in [3.8, 4) is 6.07 Å². The maximum absolute atomic E-state index is 12.2. The molecule has 0 bridgehead atoms. The van der Waals surface area contributed by atoms with Gasteiger partial charge in [-0.15, -0.1) is 0 Å². The molecule has 2 N–H and O–H groups in total.